The van der Waals surface area contributed by atoms with Crippen LogP contribution in [0.1, 0.15) is 40.2 Å². The van der Waals surface area contributed by atoms with Gasteiger partial charge in [0.2, 0.25) is 0 Å². The van der Waals surface area contributed by atoms with Crippen LogP contribution in [0.15, 0.2) is 58.8 Å². The van der Waals surface area contributed by atoms with Crippen LogP contribution in [-0.4, -0.2) is 29.0 Å². The Morgan fingerprint density at radius 2 is 1.94 bits per heavy atom. The Balaban J connectivity index is 1.62. The van der Waals surface area contributed by atoms with Gasteiger partial charge in [-0.3, -0.25) is 9.59 Å². The fourth-order valence-corrected chi connectivity index (χ4v) is 5.27. The van der Waals surface area contributed by atoms with E-state index in [0.717, 1.165) is 37.3 Å². The van der Waals surface area contributed by atoms with Gasteiger partial charge in [0.25, 0.3) is 11.5 Å². The van der Waals surface area contributed by atoms with Crippen molar-refractivity contribution in [3.63, 3.8) is 0 Å². The lowest BCUT2D eigenvalue weighted by molar-refractivity contribution is 0.0988. The molecule has 34 heavy (non-hydrogen) atoms. The van der Waals surface area contributed by atoms with Gasteiger partial charge in [0, 0.05) is 24.0 Å². The predicted octanol–water partition coefficient (Wildman–Crippen LogP) is 5.27. The molecule has 5 rings (SSSR count). The molecule has 2 aromatic carbocycles. The lowest BCUT2D eigenvalue weighted by Crippen LogP contribution is -2.36. The fourth-order valence-electron chi connectivity index (χ4n) is 4.52. The number of H-pyrrole nitrogens is 1. The van der Waals surface area contributed by atoms with Crippen LogP contribution < -0.4 is 15.4 Å². The maximum atomic E-state index is 14.2. The summed E-state index contributed by atoms with van der Waals surface area (Å²) in [5, 5.41) is 0.584. The second-order valence-electron chi connectivity index (χ2n) is 8.52. The van der Waals surface area contributed by atoms with Gasteiger partial charge in [0.05, 0.1) is 34.6 Å². The lowest BCUT2D eigenvalue weighted by atomic mass is 10.1. The molecule has 0 radical (unpaired) electrons. The molecule has 0 saturated carbocycles. The number of halogens is 1. The maximum Gasteiger partial charge on any atom is 0.270 e. The molecule has 0 atom stereocenters. The van der Waals surface area contributed by atoms with E-state index in [1.165, 1.54) is 23.8 Å². The van der Waals surface area contributed by atoms with Gasteiger partial charge in [-0.15, -0.1) is 11.3 Å². The van der Waals surface area contributed by atoms with Crippen molar-refractivity contribution in [1.29, 1.82) is 0 Å². The second-order valence-corrected chi connectivity index (χ2v) is 9.38. The summed E-state index contributed by atoms with van der Waals surface area (Å²) in [6.07, 6.45) is 3.41. The van der Waals surface area contributed by atoms with Crippen LogP contribution in [0.3, 0.4) is 0 Å². The molecule has 3 heterocycles. The molecule has 0 bridgehead atoms. The maximum absolute atomic E-state index is 14.2. The minimum atomic E-state index is -0.482. The van der Waals surface area contributed by atoms with Crippen molar-refractivity contribution in [3.05, 3.63) is 86.3 Å². The summed E-state index contributed by atoms with van der Waals surface area (Å²) in [5.74, 6) is -0.687. The topological polar surface area (TPSA) is 69.3 Å². The predicted molar refractivity (Wildman–Crippen MR) is 134 cm³/mol. The van der Waals surface area contributed by atoms with Crippen molar-refractivity contribution in [1.82, 2.24) is 9.97 Å². The van der Waals surface area contributed by atoms with Crippen LogP contribution >= 0.6 is 11.3 Å². The number of pyridine rings is 1. The van der Waals surface area contributed by atoms with E-state index in [2.05, 4.69) is 14.9 Å². The molecule has 1 aliphatic heterocycles. The molecular weight excluding hydrogens is 451 g/mol. The van der Waals surface area contributed by atoms with Crippen molar-refractivity contribution >= 4 is 39.5 Å². The normalized spacial score (nSPS) is 13.9. The number of carbonyl (C=O) groups is 1. The van der Waals surface area contributed by atoms with Crippen LogP contribution in [0.4, 0.5) is 15.8 Å². The highest BCUT2D eigenvalue weighted by Crippen LogP contribution is 2.34. The Kier molecular flexibility index (Phi) is 6.15. The highest BCUT2D eigenvalue weighted by Gasteiger charge is 2.26. The number of hydrogen-bond acceptors (Lipinski definition) is 5. The van der Waals surface area contributed by atoms with Gasteiger partial charge in [0.15, 0.2) is 0 Å². The zero-order chi connectivity index (χ0) is 23.7. The third-order valence-electron chi connectivity index (χ3n) is 6.29. The number of benzene rings is 2. The Labute approximate surface area is 200 Å². The number of nitrogens with zero attached hydrogens (tertiary/aromatic N) is 3. The average Bonchev–Trinajstić information content (AvgIpc) is 3.29. The first-order chi connectivity index (χ1) is 16.5. The number of fused-ring (bicyclic) bond motifs is 1. The van der Waals surface area contributed by atoms with E-state index in [1.807, 2.05) is 31.2 Å². The molecule has 1 fully saturated rings. The third kappa shape index (κ3) is 4.21. The second kappa shape index (κ2) is 9.38. The Morgan fingerprint density at radius 3 is 2.71 bits per heavy atom. The molecule has 0 unspecified atom stereocenters. The van der Waals surface area contributed by atoms with Crippen LogP contribution in [0.5, 0.6) is 0 Å². The van der Waals surface area contributed by atoms with E-state index in [1.54, 1.807) is 28.6 Å². The van der Waals surface area contributed by atoms with Crippen LogP contribution in [0.2, 0.25) is 0 Å². The molecular formula is C26H25FN4O2S. The van der Waals surface area contributed by atoms with Crippen molar-refractivity contribution in [2.24, 2.45) is 0 Å². The highest BCUT2D eigenvalue weighted by molar-refractivity contribution is 7.12. The zero-order valence-electron chi connectivity index (χ0n) is 18.9. The number of rotatable bonds is 5. The smallest absolute Gasteiger partial charge is 0.270 e. The van der Waals surface area contributed by atoms with Crippen molar-refractivity contribution < 1.29 is 9.18 Å². The Bertz CT molecular complexity index is 1410. The number of amides is 1. The van der Waals surface area contributed by atoms with E-state index in [4.69, 9.17) is 0 Å². The number of aromatic nitrogens is 2. The van der Waals surface area contributed by atoms with Gasteiger partial charge in [-0.05, 0) is 50.5 Å². The number of anilines is 2. The molecule has 0 spiro atoms. The zero-order valence-corrected chi connectivity index (χ0v) is 19.7. The monoisotopic (exact) mass is 476 g/mol. The number of carbonyl (C=O) groups excluding carboxylic acids is 1. The summed E-state index contributed by atoms with van der Waals surface area (Å²) in [5.41, 5.74) is 4.19. The summed E-state index contributed by atoms with van der Waals surface area (Å²) >= 11 is 1.29. The quantitative estimate of drug-likeness (QED) is 0.426. The van der Waals surface area contributed by atoms with Crippen LogP contribution in [0.25, 0.3) is 10.9 Å². The number of nitrogens with one attached hydrogen (secondary N) is 1. The molecule has 2 aromatic heterocycles. The number of para-hydroxylation sites is 3. The molecule has 174 valence electrons. The molecule has 6 nitrogen and oxygen atoms in total. The minimum absolute atomic E-state index is 0.0583. The standard InChI is InChI=1S/C26H25FN4O2S/c1-17-24(34-16-28-17)26(33)31(22-11-4-3-10-21(22)30-12-5-2-6-13-30)15-19-14-18-8-7-9-20(27)23(18)29-25(19)32/h3-4,7-11,14,16H,2,5-6,12-13,15H2,1H3,(H,29,32). The molecule has 1 aliphatic rings. The van der Waals surface area contributed by atoms with Crippen molar-refractivity contribution in [2.75, 3.05) is 22.9 Å². The summed E-state index contributed by atoms with van der Waals surface area (Å²) < 4.78 is 14.2. The largest absolute Gasteiger partial charge is 0.370 e. The van der Waals surface area contributed by atoms with Gasteiger partial charge in [-0.25, -0.2) is 9.37 Å². The Morgan fingerprint density at radius 1 is 1.15 bits per heavy atom. The van der Waals surface area contributed by atoms with Gasteiger partial charge in [-0.2, -0.15) is 0 Å². The molecule has 1 N–H and O–H groups in total. The molecule has 0 aliphatic carbocycles. The number of aryl methyl sites for hydroxylation is 1. The van der Waals surface area contributed by atoms with Crippen LogP contribution in [0, 0.1) is 12.7 Å². The number of piperidine rings is 1. The number of aromatic amines is 1. The van der Waals surface area contributed by atoms with E-state index in [9.17, 15) is 14.0 Å². The summed E-state index contributed by atoms with van der Waals surface area (Å²) in [7, 11) is 0. The van der Waals surface area contributed by atoms with Crippen molar-refractivity contribution in [2.45, 2.75) is 32.7 Å². The first-order valence-corrected chi connectivity index (χ1v) is 12.3. The van der Waals surface area contributed by atoms with Gasteiger partial charge in [-0.1, -0.05) is 24.3 Å². The average molecular weight is 477 g/mol. The summed E-state index contributed by atoms with van der Waals surface area (Å²) in [6, 6.07) is 14.2. The molecule has 8 heteroatoms. The van der Waals surface area contributed by atoms with Crippen molar-refractivity contribution in [3.8, 4) is 0 Å². The lowest BCUT2D eigenvalue weighted by Gasteiger charge is -2.33. The first-order valence-electron chi connectivity index (χ1n) is 11.4. The van der Waals surface area contributed by atoms with Crippen LogP contribution in [-0.2, 0) is 6.54 Å². The molecule has 4 aromatic rings. The fraction of sp³-hybridized carbons (Fsp3) is 0.269. The Hall–Kier alpha value is -3.52. The van der Waals surface area contributed by atoms with Gasteiger partial charge in [0.1, 0.15) is 10.7 Å². The minimum Gasteiger partial charge on any atom is -0.370 e. The van der Waals surface area contributed by atoms with Gasteiger partial charge >= 0.3 is 0 Å². The number of hydrogen-bond donors (Lipinski definition) is 1. The first kappa shape index (κ1) is 22.3. The van der Waals surface area contributed by atoms with E-state index < -0.39 is 11.4 Å². The summed E-state index contributed by atoms with van der Waals surface area (Å²) in [4.78, 5) is 38.1. The summed E-state index contributed by atoms with van der Waals surface area (Å²) in [6.45, 7) is 3.72. The van der Waals surface area contributed by atoms with Gasteiger partial charge < -0.3 is 14.8 Å². The highest BCUT2D eigenvalue weighted by atomic mass is 32.1. The number of thiazole rings is 1. The molecule has 1 amide bonds. The van der Waals surface area contributed by atoms with E-state index in [0.29, 0.717) is 21.5 Å². The van der Waals surface area contributed by atoms with E-state index in [-0.39, 0.29) is 18.0 Å². The third-order valence-corrected chi connectivity index (χ3v) is 7.20. The SMILES string of the molecule is Cc1ncsc1C(=O)N(Cc1cc2cccc(F)c2[nH]c1=O)c1ccccc1N1CCCCC1. The molecule has 1 saturated heterocycles. The van der Waals surface area contributed by atoms with E-state index >= 15 is 0 Å².